The Labute approximate surface area is 85.9 Å². The van der Waals surface area contributed by atoms with Crippen molar-refractivity contribution in [1.82, 2.24) is 19.7 Å². The zero-order valence-corrected chi connectivity index (χ0v) is 8.08. The van der Waals surface area contributed by atoms with Crippen molar-refractivity contribution in [3.05, 3.63) is 24.8 Å². The van der Waals surface area contributed by atoms with Crippen molar-refractivity contribution in [2.45, 2.75) is 0 Å². The van der Waals surface area contributed by atoms with E-state index in [2.05, 4.69) is 20.5 Å². The Morgan fingerprint density at radius 3 is 2.93 bits per heavy atom. The maximum absolute atomic E-state index is 5.30. The summed E-state index contributed by atoms with van der Waals surface area (Å²) in [6, 6.07) is 1.79. The van der Waals surface area contributed by atoms with Gasteiger partial charge in [-0.15, -0.1) is 0 Å². The number of nitrogens with one attached hydrogen (secondary N) is 1. The highest BCUT2D eigenvalue weighted by Crippen LogP contribution is 2.25. The van der Waals surface area contributed by atoms with E-state index in [-0.39, 0.29) is 0 Å². The highest BCUT2D eigenvalue weighted by Gasteiger charge is 2.12. The minimum Gasteiger partial charge on any atom is -0.490 e. The normalized spacial score (nSPS) is 10.0. The molecule has 78 valence electrons. The van der Waals surface area contributed by atoms with Gasteiger partial charge in [-0.1, -0.05) is 0 Å². The zero-order chi connectivity index (χ0) is 10.7. The van der Waals surface area contributed by atoms with E-state index in [9.17, 15) is 0 Å². The van der Waals surface area contributed by atoms with Gasteiger partial charge in [-0.25, -0.2) is 20.5 Å². The first-order chi connectivity index (χ1) is 7.36. The second kappa shape index (κ2) is 3.93. The number of methoxy groups -OCH3 is 1. The van der Waals surface area contributed by atoms with Crippen LogP contribution in [0.1, 0.15) is 0 Å². The summed E-state index contributed by atoms with van der Waals surface area (Å²) >= 11 is 0. The van der Waals surface area contributed by atoms with Gasteiger partial charge in [-0.05, 0) is 6.07 Å². The van der Waals surface area contributed by atoms with E-state index < -0.39 is 0 Å². The van der Waals surface area contributed by atoms with Gasteiger partial charge in [-0.2, -0.15) is 5.10 Å². The van der Waals surface area contributed by atoms with Gasteiger partial charge in [0.15, 0.2) is 5.82 Å². The molecule has 0 bridgehead atoms. The lowest BCUT2D eigenvalue weighted by Crippen LogP contribution is -2.12. The molecule has 0 saturated heterocycles. The molecule has 0 aliphatic carbocycles. The van der Waals surface area contributed by atoms with E-state index in [4.69, 9.17) is 10.6 Å². The van der Waals surface area contributed by atoms with E-state index in [1.54, 1.807) is 23.1 Å². The molecule has 3 N–H and O–H groups in total. The molecule has 2 rings (SSSR count). The monoisotopic (exact) mass is 206 g/mol. The maximum atomic E-state index is 5.30. The minimum absolute atomic E-state index is 0.415. The van der Waals surface area contributed by atoms with Crippen LogP contribution in [0.25, 0.3) is 5.82 Å². The molecule has 0 amide bonds. The summed E-state index contributed by atoms with van der Waals surface area (Å²) in [7, 11) is 1.52. The smallest absolute Gasteiger partial charge is 0.207 e. The number of nitrogen functional groups attached to an aromatic ring is 1. The molecule has 0 atom stereocenters. The fraction of sp³-hybridized carbons (Fsp3) is 0.125. The predicted molar refractivity (Wildman–Crippen MR) is 53.5 cm³/mol. The molecule has 2 aromatic heterocycles. The summed E-state index contributed by atoms with van der Waals surface area (Å²) in [6.45, 7) is 0. The number of nitrogens with two attached hydrogens (primary N) is 1. The number of ether oxygens (including phenoxy) is 1. The third-order valence-corrected chi connectivity index (χ3v) is 1.85. The lowest BCUT2D eigenvalue weighted by Gasteiger charge is -2.10. The second-order valence-electron chi connectivity index (χ2n) is 2.67. The van der Waals surface area contributed by atoms with Crippen molar-refractivity contribution in [3.63, 3.8) is 0 Å². The Morgan fingerprint density at radius 2 is 2.33 bits per heavy atom. The molecule has 0 fully saturated rings. The Bertz CT molecular complexity index is 440. The van der Waals surface area contributed by atoms with Crippen LogP contribution in [0.15, 0.2) is 24.8 Å². The highest BCUT2D eigenvalue weighted by molar-refractivity contribution is 5.57. The van der Waals surface area contributed by atoms with Crippen molar-refractivity contribution in [2.24, 2.45) is 5.84 Å². The fourth-order valence-corrected chi connectivity index (χ4v) is 1.21. The minimum atomic E-state index is 0.415. The van der Waals surface area contributed by atoms with E-state index in [1.165, 1.54) is 13.4 Å². The Hall–Kier alpha value is -2.15. The molecule has 0 radical (unpaired) electrons. The molecule has 0 saturated carbocycles. The topological polar surface area (TPSA) is 90.9 Å². The summed E-state index contributed by atoms with van der Waals surface area (Å²) in [5.74, 6) is 6.69. The van der Waals surface area contributed by atoms with E-state index in [1.807, 2.05) is 0 Å². The summed E-state index contributed by atoms with van der Waals surface area (Å²) in [5.41, 5.74) is 2.43. The van der Waals surface area contributed by atoms with Gasteiger partial charge in [-0.3, -0.25) is 0 Å². The first kappa shape index (κ1) is 9.41. The molecule has 0 aliphatic heterocycles. The number of nitrogens with zero attached hydrogens (tertiary/aromatic N) is 4. The molecule has 0 unspecified atom stereocenters. The molecule has 15 heavy (non-hydrogen) atoms. The average Bonchev–Trinajstić information content (AvgIpc) is 2.81. The average molecular weight is 206 g/mol. The summed E-state index contributed by atoms with van der Waals surface area (Å²) in [5, 5.41) is 4.05. The molecule has 0 aliphatic rings. The molecule has 2 heterocycles. The third kappa shape index (κ3) is 1.59. The highest BCUT2D eigenvalue weighted by atomic mass is 16.5. The van der Waals surface area contributed by atoms with E-state index >= 15 is 0 Å². The summed E-state index contributed by atoms with van der Waals surface area (Å²) in [6.07, 6.45) is 4.79. The standard InChI is InChI=1S/C8H10N6O/c1-15-6-7(13-9)10-5-11-8(6)14-4-2-3-12-14/h2-5H,9H2,1H3,(H,10,11,13). The fourth-order valence-electron chi connectivity index (χ4n) is 1.21. The van der Waals surface area contributed by atoms with Gasteiger partial charge in [0.05, 0.1) is 7.11 Å². The van der Waals surface area contributed by atoms with Crippen LogP contribution in [-0.4, -0.2) is 26.9 Å². The van der Waals surface area contributed by atoms with Gasteiger partial charge < -0.3 is 10.2 Å². The summed E-state index contributed by atoms with van der Waals surface area (Å²) < 4.78 is 6.73. The number of hydrogen-bond acceptors (Lipinski definition) is 6. The predicted octanol–water partition coefficient (Wildman–Crippen LogP) is -0.0435. The van der Waals surface area contributed by atoms with Gasteiger partial charge in [0.1, 0.15) is 6.33 Å². The number of anilines is 1. The van der Waals surface area contributed by atoms with Crippen LogP contribution in [0.2, 0.25) is 0 Å². The lowest BCUT2D eigenvalue weighted by atomic mass is 10.4. The molecule has 0 spiro atoms. The van der Waals surface area contributed by atoms with Crippen LogP contribution in [0.5, 0.6) is 5.75 Å². The molecule has 2 aromatic rings. The van der Waals surface area contributed by atoms with Crippen molar-refractivity contribution in [2.75, 3.05) is 12.5 Å². The summed E-state index contributed by atoms with van der Waals surface area (Å²) in [4.78, 5) is 7.99. The molecule has 7 nitrogen and oxygen atoms in total. The van der Waals surface area contributed by atoms with Gasteiger partial charge in [0, 0.05) is 12.4 Å². The Balaban J connectivity index is 2.56. The number of rotatable bonds is 3. The zero-order valence-electron chi connectivity index (χ0n) is 8.08. The largest absolute Gasteiger partial charge is 0.490 e. The lowest BCUT2D eigenvalue weighted by molar-refractivity contribution is 0.409. The van der Waals surface area contributed by atoms with Gasteiger partial charge >= 0.3 is 0 Å². The van der Waals surface area contributed by atoms with Crippen LogP contribution < -0.4 is 16.0 Å². The van der Waals surface area contributed by atoms with Crippen LogP contribution in [0, 0.1) is 0 Å². The van der Waals surface area contributed by atoms with Crippen molar-refractivity contribution >= 4 is 5.82 Å². The van der Waals surface area contributed by atoms with Gasteiger partial charge in [0.2, 0.25) is 11.6 Å². The van der Waals surface area contributed by atoms with Crippen molar-refractivity contribution < 1.29 is 4.74 Å². The molecular formula is C8H10N6O. The number of aromatic nitrogens is 4. The number of hydrazine groups is 1. The molecule has 7 heteroatoms. The van der Waals surface area contributed by atoms with E-state index in [0.29, 0.717) is 17.4 Å². The van der Waals surface area contributed by atoms with Crippen molar-refractivity contribution in [3.8, 4) is 11.6 Å². The van der Waals surface area contributed by atoms with Crippen LogP contribution in [0.4, 0.5) is 5.82 Å². The molecular weight excluding hydrogens is 196 g/mol. The van der Waals surface area contributed by atoms with Crippen molar-refractivity contribution in [1.29, 1.82) is 0 Å². The first-order valence-corrected chi connectivity index (χ1v) is 4.22. The van der Waals surface area contributed by atoms with Crippen LogP contribution in [0.3, 0.4) is 0 Å². The maximum Gasteiger partial charge on any atom is 0.207 e. The number of hydrogen-bond donors (Lipinski definition) is 2. The Kier molecular flexibility index (Phi) is 2.46. The Morgan fingerprint density at radius 1 is 1.47 bits per heavy atom. The first-order valence-electron chi connectivity index (χ1n) is 4.22. The van der Waals surface area contributed by atoms with Gasteiger partial charge in [0.25, 0.3) is 0 Å². The SMILES string of the molecule is COc1c(NN)ncnc1-n1cccn1. The quantitative estimate of drug-likeness (QED) is 0.540. The van der Waals surface area contributed by atoms with Crippen LogP contribution in [-0.2, 0) is 0 Å². The van der Waals surface area contributed by atoms with E-state index in [0.717, 1.165) is 0 Å². The second-order valence-corrected chi connectivity index (χ2v) is 2.67. The van der Waals surface area contributed by atoms with Crippen LogP contribution >= 0.6 is 0 Å². The third-order valence-electron chi connectivity index (χ3n) is 1.85. The molecule has 0 aromatic carbocycles.